The molecule has 4 heteroatoms. The van der Waals surface area contributed by atoms with E-state index in [4.69, 9.17) is 9.47 Å². The number of carbonyl (C=O) groups is 1. The van der Waals surface area contributed by atoms with Crippen molar-refractivity contribution in [3.05, 3.63) is 78.0 Å². The highest BCUT2D eigenvalue weighted by molar-refractivity contribution is 5.98. The van der Waals surface area contributed by atoms with E-state index < -0.39 is 0 Å². The SMILES string of the molecule is CCOC(=O)c1[nH]c2ccccc2c1CCCOc1ccc2ccccc2c1. The van der Waals surface area contributed by atoms with Crippen LogP contribution in [-0.4, -0.2) is 24.2 Å². The van der Waals surface area contributed by atoms with Crippen molar-refractivity contribution in [1.82, 2.24) is 4.98 Å². The molecule has 1 heterocycles. The van der Waals surface area contributed by atoms with E-state index in [0.29, 0.717) is 18.9 Å². The summed E-state index contributed by atoms with van der Waals surface area (Å²) in [5, 5.41) is 3.44. The lowest BCUT2D eigenvalue weighted by Gasteiger charge is -2.08. The highest BCUT2D eigenvalue weighted by Crippen LogP contribution is 2.25. The van der Waals surface area contributed by atoms with Crippen LogP contribution in [0.3, 0.4) is 0 Å². The van der Waals surface area contributed by atoms with Gasteiger partial charge in [0, 0.05) is 10.9 Å². The molecule has 0 atom stereocenters. The van der Waals surface area contributed by atoms with E-state index in [-0.39, 0.29) is 5.97 Å². The van der Waals surface area contributed by atoms with Crippen LogP contribution in [0.4, 0.5) is 0 Å². The van der Waals surface area contributed by atoms with Crippen LogP contribution < -0.4 is 4.74 Å². The Bertz CT molecular complexity index is 1110. The maximum atomic E-state index is 12.3. The highest BCUT2D eigenvalue weighted by Gasteiger charge is 2.18. The smallest absolute Gasteiger partial charge is 0.355 e. The lowest BCUT2D eigenvalue weighted by molar-refractivity contribution is 0.0519. The van der Waals surface area contributed by atoms with Crippen LogP contribution in [0.15, 0.2) is 66.7 Å². The van der Waals surface area contributed by atoms with Crippen LogP contribution in [-0.2, 0) is 11.2 Å². The fourth-order valence-electron chi connectivity index (χ4n) is 3.53. The Morgan fingerprint density at radius 2 is 1.75 bits per heavy atom. The van der Waals surface area contributed by atoms with Crippen LogP contribution in [0.25, 0.3) is 21.7 Å². The zero-order valence-corrected chi connectivity index (χ0v) is 15.9. The summed E-state index contributed by atoms with van der Waals surface area (Å²) in [4.78, 5) is 15.5. The Hall–Kier alpha value is -3.27. The lowest BCUT2D eigenvalue weighted by Crippen LogP contribution is -2.09. The molecule has 0 fully saturated rings. The predicted molar refractivity (Wildman–Crippen MR) is 112 cm³/mol. The number of nitrogens with one attached hydrogen (secondary N) is 1. The first-order chi connectivity index (χ1) is 13.8. The van der Waals surface area contributed by atoms with Crippen LogP contribution in [0.5, 0.6) is 5.75 Å². The summed E-state index contributed by atoms with van der Waals surface area (Å²) in [5.41, 5.74) is 2.50. The van der Waals surface area contributed by atoms with Crippen LogP contribution in [0, 0.1) is 0 Å². The van der Waals surface area contributed by atoms with Gasteiger partial charge in [-0.25, -0.2) is 4.79 Å². The third-order valence-electron chi connectivity index (χ3n) is 4.85. The van der Waals surface area contributed by atoms with Crippen molar-refractivity contribution in [1.29, 1.82) is 0 Å². The Labute approximate surface area is 164 Å². The summed E-state index contributed by atoms with van der Waals surface area (Å²) in [5.74, 6) is 0.562. The number of aromatic amines is 1. The number of ether oxygens (including phenoxy) is 2. The van der Waals surface area contributed by atoms with Gasteiger partial charge >= 0.3 is 5.97 Å². The molecule has 1 N–H and O–H groups in total. The molecule has 3 aromatic carbocycles. The second kappa shape index (κ2) is 8.17. The predicted octanol–water partition coefficient (Wildman–Crippen LogP) is 5.51. The van der Waals surface area contributed by atoms with E-state index in [1.54, 1.807) is 0 Å². The number of benzene rings is 3. The molecule has 28 heavy (non-hydrogen) atoms. The number of para-hydroxylation sites is 1. The summed E-state index contributed by atoms with van der Waals surface area (Å²) in [7, 11) is 0. The second-order valence-electron chi connectivity index (χ2n) is 6.71. The summed E-state index contributed by atoms with van der Waals surface area (Å²) < 4.78 is 11.2. The van der Waals surface area contributed by atoms with Crippen molar-refractivity contribution < 1.29 is 14.3 Å². The van der Waals surface area contributed by atoms with E-state index in [0.717, 1.165) is 35.1 Å². The minimum atomic E-state index is -0.302. The quantitative estimate of drug-likeness (QED) is 0.343. The van der Waals surface area contributed by atoms with Crippen molar-refractivity contribution in [2.45, 2.75) is 19.8 Å². The van der Waals surface area contributed by atoms with Crippen molar-refractivity contribution in [2.75, 3.05) is 13.2 Å². The summed E-state index contributed by atoms with van der Waals surface area (Å²) in [6.07, 6.45) is 1.55. The van der Waals surface area contributed by atoms with Gasteiger partial charge < -0.3 is 14.5 Å². The number of aryl methyl sites for hydroxylation is 1. The largest absolute Gasteiger partial charge is 0.494 e. The van der Waals surface area contributed by atoms with E-state index in [1.165, 1.54) is 10.8 Å². The van der Waals surface area contributed by atoms with Gasteiger partial charge in [-0.15, -0.1) is 0 Å². The summed E-state index contributed by atoms with van der Waals surface area (Å²) in [6, 6.07) is 22.3. The van der Waals surface area contributed by atoms with Gasteiger partial charge in [-0.2, -0.15) is 0 Å². The molecule has 4 aromatic rings. The Morgan fingerprint density at radius 1 is 0.964 bits per heavy atom. The van der Waals surface area contributed by atoms with Gasteiger partial charge in [-0.3, -0.25) is 0 Å². The molecule has 0 amide bonds. The molecular weight excluding hydrogens is 350 g/mol. The van der Waals surface area contributed by atoms with Crippen LogP contribution in [0.1, 0.15) is 29.4 Å². The molecule has 0 saturated heterocycles. The van der Waals surface area contributed by atoms with E-state index >= 15 is 0 Å². The first kappa shape index (κ1) is 18.1. The van der Waals surface area contributed by atoms with E-state index in [2.05, 4.69) is 29.2 Å². The van der Waals surface area contributed by atoms with Gasteiger partial charge in [-0.05, 0) is 54.3 Å². The number of carbonyl (C=O) groups excluding carboxylic acids is 1. The molecule has 4 rings (SSSR count). The zero-order valence-electron chi connectivity index (χ0n) is 15.9. The molecule has 0 unspecified atom stereocenters. The molecule has 0 aliphatic carbocycles. The van der Waals surface area contributed by atoms with Crippen LogP contribution >= 0.6 is 0 Å². The molecule has 1 aromatic heterocycles. The number of esters is 1. The minimum Gasteiger partial charge on any atom is -0.494 e. The third kappa shape index (κ3) is 3.72. The Kier molecular flexibility index (Phi) is 5.29. The highest BCUT2D eigenvalue weighted by atomic mass is 16.5. The molecular formula is C24H23NO3. The molecule has 0 radical (unpaired) electrons. The fourth-order valence-corrected chi connectivity index (χ4v) is 3.53. The topological polar surface area (TPSA) is 51.3 Å². The maximum absolute atomic E-state index is 12.3. The number of rotatable bonds is 7. The molecule has 0 bridgehead atoms. The van der Waals surface area contributed by atoms with Crippen molar-refractivity contribution >= 4 is 27.6 Å². The number of hydrogen-bond donors (Lipinski definition) is 1. The van der Waals surface area contributed by atoms with Gasteiger partial charge in [0.25, 0.3) is 0 Å². The van der Waals surface area contributed by atoms with E-state index in [1.807, 2.05) is 49.4 Å². The standard InChI is InChI=1S/C24H23NO3/c1-2-27-24(26)23-21(20-10-5-6-12-22(20)25-23)11-7-15-28-19-14-13-17-8-3-4-9-18(17)16-19/h3-6,8-10,12-14,16,25H,2,7,11,15H2,1H3. The molecule has 0 spiro atoms. The van der Waals surface area contributed by atoms with Crippen molar-refractivity contribution in [3.8, 4) is 5.75 Å². The number of hydrogen-bond acceptors (Lipinski definition) is 3. The molecule has 0 saturated carbocycles. The fraction of sp³-hybridized carbons (Fsp3) is 0.208. The molecule has 0 aliphatic rings. The summed E-state index contributed by atoms with van der Waals surface area (Å²) in [6.45, 7) is 2.76. The lowest BCUT2D eigenvalue weighted by atomic mass is 10.1. The molecule has 142 valence electrons. The van der Waals surface area contributed by atoms with Crippen molar-refractivity contribution in [3.63, 3.8) is 0 Å². The number of fused-ring (bicyclic) bond motifs is 2. The first-order valence-corrected chi connectivity index (χ1v) is 9.64. The minimum absolute atomic E-state index is 0.302. The van der Waals surface area contributed by atoms with Gasteiger partial charge in [0.1, 0.15) is 11.4 Å². The first-order valence-electron chi connectivity index (χ1n) is 9.64. The van der Waals surface area contributed by atoms with Crippen molar-refractivity contribution in [2.24, 2.45) is 0 Å². The van der Waals surface area contributed by atoms with Crippen LogP contribution in [0.2, 0.25) is 0 Å². The van der Waals surface area contributed by atoms with Gasteiger partial charge in [-0.1, -0.05) is 48.5 Å². The van der Waals surface area contributed by atoms with Gasteiger partial charge in [0.2, 0.25) is 0 Å². The number of aromatic nitrogens is 1. The van der Waals surface area contributed by atoms with E-state index in [9.17, 15) is 4.79 Å². The zero-order chi connectivity index (χ0) is 19.3. The summed E-state index contributed by atoms with van der Waals surface area (Å²) >= 11 is 0. The molecule has 4 nitrogen and oxygen atoms in total. The van der Waals surface area contributed by atoms with Gasteiger partial charge in [0.15, 0.2) is 0 Å². The Morgan fingerprint density at radius 3 is 2.61 bits per heavy atom. The number of H-pyrrole nitrogens is 1. The monoisotopic (exact) mass is 373 g/mol. The maximum Gasteiger partial charge on any atom is 0.355 e. The Balaban J connectivity index is 1.46. The normalized spacial score (nSPS) is 11.0. The third-order valence-corrected chi connectivity index (χ3v) is 4.85. The van der Waals surface area contributed by atoms with Gasteiger partial charge in [0.05, 0.1) is 13.2 Å². The second-order valence-corrected chi connectivity index (χ2v) is 6.71. The average molecular weight is 373 g/mol. The molecule has 0 aliphatic heterocycles. The average Bonchev–Trinajstić information content (AvgIpc) is 3.10.